The first-order chi connectivity index (χ1) is 8.56. The molecular formula is C13H8Br2INO. The van der Waals surface area contributed by atoms with Gasteiger partial charge in [0.2, 0.25) is 0 Å². The Bertz CT molecular complexity index is 601. The molecule has 0 heterocycles. The molecule has 0 unspecified atom stereocenters. The molecule has 0 aromatic heterocycles. The van der Waals surface area contributed by atoms with Gasteiger partial charge in [-0.25, -0.2) is 0 Å². The molecule has 2 rings (SSSR count). The van der Waals surface area contributed by atoms with Gasteiger partial charge in [0.05, 0.1) is 5.56 Å². The Morgan fingerprint density at radius 1 is 1.06 bits per heavy atom. The molecule has 0 aliphatic rings. The van der Waals surface area contributed by atoms with Crippen molar-refractivity contribution >= 4 is 66.0 Å². The maximum atomic E-state index is 12.1. The fraction of sp³-hybridized carbons (Fsp3) is 0. The zero-order chi connectivity index (χ0) is 13.1. The highest BCUT2D eigenvalue weighted by atomic mass is 127. The normalized spacial score (nSPS) is 10.2. The Balaban J connectivity index is 2.24. The zero-order valence-electron chi connectivity index (χ0n) is 9.08. The van der Waals surface area contributed by atoms with Crippen molar-refractivity contribution < 1.29 is 4.79 Å². The summed E-state index contributed by atoms with van der Waals surface area (Å²) in [6, 6.07) is 13.1. The number of amides is 1. The van der Waals surface area contributed by atoms with Crippen LogP contribution < -0.4 is 5.32 Å². The van der Waals surface area contributed by atoms with Gasteiger partial charge in [0.15, 0.2) is 0 Å². The van der Waals surface area contributed by atoms with Crippen molar-refractivity contribution in [2.45, 2.75) is 0 Å². The highest BCUT2D eigenvalue weighted by Gasteiger charge is 2.10. The molecule has 0 spiro atoms. The second kappa shape index (κ2) is 6.16. The van der Waals surface area contributed by atoms with Crippen LogP contribution in [-0.4, -0.2) is 5.91 Å². The number of anilines is 1. The van der Waals surface area contributed by atoms with Crippen LogP contribution in [0.2, 0.25) is 0 Å². The average Bonchev–Trinajstić information content (AvgIpc) is 2.32. The molecule has 0 aliphatic carbocycles. The smallest absolute Gasteiger partial charge is 0.256 e. The van der Waals surface area contributed by atoms with E-state index in [2.05, 4.69) is 59.8 Å². The lowest BCUT2D eigenvalue weighted by Crippen LogP contribution is -2.13. The fourth-order valence-electron chi connectivity index (χ4n) is 1.44. The maximum Gasteiger partial charge on any atom is 0.256 e. The van der Waals surface area contributed by atoms with Crippen LogP contribution in [0.15, 0.2) is 51.4 Å². The molecule has 2 aromatic carbocycles. The van der Waals surface area contributed by atoms with Crippen LogP contribution in [0.4, 0.5) is 5.69 Å². The van der Waals surface area contributed by atoms with Crippen molar-refractivity contribution in [3.63, 3.8) is 0 Å². The summed E-state index contributed by atoms with van der Waals surface area (Å²) >= 11 is 8.90. The number of halogens is 3. The van der Waals surface area contributed by atoms with E-state index in [0.717, 1.165) is 18.2 Å². The highest BCUT2D eigenvalue weighted by molar-refractivity contribution is 14.1. The Labute approximate surface area is 136 Å². The third-order valence-electron chi connectivity index (χ3n) is 2.26. The summed E-state index contributed by atoms with van der Waals surface area (Å²) in [6.07, 6.45) is 0. The minimum atomic E-state index is -0.112. The average molecular weight is 481 g/mol. The van der Waals surface area contributed by atoms with Crippen LogP contribution in [0, 0.1) is 3.57 Å². The monoisotopic (exact) mass is 479 g/mol. The van der Waals surface area contributed by atoms with Gasteiger partial charge in [0, 0.05) is 18.2 Å². The van der Waals surface area contributed by atoms with E-state index in [-0.39, 0.29) is 5.91 Å². The van der Waals surface area contributed by atoms with E-state index in [1.54, 1.807) is 0 Å². The van der Waals surface area contributed by atoms with Crippen LogP contribution in [0.3, 0.4) is 0 Å². The molecule has 2 aromatic rings. The van der Waals surface area contributed by atoms with Crippen molar-refractivity contribution in [1.82, 2.24) is 0 Å². The molecular weight excluding hydrogens is 473 g/mol. The van der Waals surface area contributed by atoms with Crippen molar-refractivity contribution in [1.29, 1.82) is 0 Å². The van der Waals surface area contributed by atoms with Gasteiger partial charge in [-0.15, -0.1) is 0 Å². The van der Waals surface area contributed by atoms with Crippen molar-refractivity contribution in [2.75, 3.05) is 5.32 Å². The Hall–Kier alpha value is -0.400. The minimum Gasteiger partial charge on any atom is -0.322 e. The minimum absolute atomic E-state index is 0.112. The third kappa shape index (κ3) is 3.55. The second-order valence-electron chi connectivity index (χ2n) is 3.59. The number of hydrogen-bond donors (Lipinski definition) is 1. The van der Waals surface area contributed by atoms with E-state index in [0.29, 0.717) is 5.56 Å². The molecule has 0 atom stereocenters. The Morgan fingerprint density at radius 2 is 1.78 bits per heavy atom. The van der Waals surface area contributed by atoms with E-state index < -0.39 is 0 Å². The van der Waals surface area contributed by atoms with Gasteiger partial charge in [-0.1, -0.05) is 37.9 Å². The molecule has 18 heavy (non-hydrogen) atoms. The first-order valence-electron chi connectivity index (χ1n) is 5.08. The predicted molar refractivity (Wildman–Crippen MR) is 89.0 cm³/mol. The number of rotatable bonds is 2. The summed E-state index contributed by atoms with van der Waals surface area (Å²) in [7, 11) is 0. The fourth-order valence-corrected chi connectivity index (χ4v) is 2.78. The van der Waals surface area contributed by atoms with E-state index >= 15 is 0 Å². The van der Waals surface area contributed by atoms with Crippen LogP contribution in [0.1, 0.15) is 10.4 Å². The summed E-state index contributed by atoms with van der Waals surface area (Å²) in [4.78, 5) is 12.1. The SMILES string of the molecule is O=C(Nc1cccc(Br)c1)c1cc(Br)ccc1I. The zero-order valence-corrected chi connectivity index (χ0v) is 14.4. The third-order valence-corrected chi connectivity index (χ3v) is 4.18. The van der Waals surface area contributed by atoms with Crippen LogP contribution in [0.5, 0.6) is 0 Å². The molecule has 0 saturated carbocycles. The van der Waals surface area contributed by atoms with E-state index in [9.17, 15) is 4.79 Å². The van der Waals surface area contributed by atoms with E-state index in [1.165, 1.54) is 0 Å². The van der Waals surface area contributed by atoms with Gasteiger partial charge >= 0.3 is 0 Å². The van der Waals surface area contributed by atoms with Gasteiger partial charge in [-0.2, -0.15) is 0 Å². The molecule has 0 fully saturated rings. The quantitative estimate of drug-likeness (QED) is 0.597. The molecule has 2 nitrogen and oxygen atoms in total. The predicted octanol–water partition coefficient (Wildman–Crippen LogP) is 5.07. The molecule has 1 N–H and O–H groups in total. The van der Waals surface area contributed by atoms with Crippen LogP contribution in [0.25, 0.3) is 0 Å². The largest absolute Gasteiger partial charge is 0.322 e. The summed E-state index contributed by atoms with van der Waals surface area (Å²) < 4.78 is 2.75. The van der Waals surface area contributed by atoms with Gasteiger partial charge in [-0.05, 0) is 59.0 Å². The second-order valence-corrected chi connectivity index (χ2v) is 6.58. The van der Waals surface area contributed by atoms with Crippen LogP contribution >= 0.6 is 54.5 Å². The summed E-state index contributed by atoms with van der Waals surface area (Å²) in [5.41, 5.74) is 1.43. The summed E-state index contributed by atoms with van der Waals surface area (Å²) in [5, 5.41) is 2.87. The summed E-state index contributed by atoms with van der Waals surface area (Å²) in [5.74, 6) is -0.112. The first kappa shape index (κ1) is 14.0. The number of benzene rings is 2. The number of carbonyl (C=O) groups is 1. The number of hydrogen-bond acceptors (Lipinski definition) is 1. The Kier molecular flexibility index (Phi) is 4.80. The Morgan fingerprint density at radius 3 is 2.50 bits per heavy atom. The lowest BCUT2D eigenvalue weighted by molar-refractivity contribution is 0.102. The van der Waals surface area contributed by atoms with Gasteiger partial charge in [0.1, 0.15) is 0 Å². The molecule has 0 saturated heterocycles. The molecule has 0 aliphatic heterocycles. The topological polar surface area (TPSA) is 29.1 Å². The van der Waals surface area contributed by atoms with Crippen molar-refractivity contribution in [3.8, 4) is 0 Å². The van der Waals surface area contributed by atoms with Gasteiger partial charge in [-0.3, -0.25) is 4.79 Å². The van der Waals surface area contributed by atoms with Crippen molar-refractivity contribution in [3.05, 3.63) is 60.5 Å². The standard InChI is InChI=1S/C13H8Br2INO/c14-8-2-1-3-10(6-8)17-13(18)11-7-9(15)4-5-12(11)16/h1-7H,(H,17,18). The van der Waals surface area contributed by atoms with E-state index in [1.807, 2.05) is 42.5 Å². The van der Waals surface area contributed by atoms with E-state index in [4.69, 9.17) is 0 Å². The van der Waals surface area contributed by atoms with Gasteiger partial charge in [0.25, 0.3) is 5.91 Å². The lowest BCUT2D eigenvalue weighted by atomic mass is 10.2. The molecule has 0 radical (unpaired) electrons. The maximum absolute atomic E-state index is 12.1. The first-order valence-corrected chi connectivity index (χ1v) is 7.75. The van der Waals surface area contributed by atoms with Gasteiger partial charge < -0.3 is 5.32 Å². The number of nitrogens with one attached hydrogen (secondary N) is 1. The molecule has 92 valence electrons. The highest BCUT2D eigenvalue weighted by Crippen LogP contribution is 2.21. The molecule has 5 heteroatoms. The van der Waals surface area contributed by atoms with Crippen LogP contribution in [-0.2, 0) is 0 Å². The number of carbonyl (C=O) groups excluding carboxylic acids is 1. The molecule has 1 amide bonds. The summed E-state index contributed by atoms with van der Waals surface area (Å²) in [6.45, 7) is 0. The molecule has 0 bridgehead atoms. The van der Waals surface area contributed by atoms with Crippen molar-refractivity contribution in [2.24, 2.45) is 0 Å². The lowest BCUT2D eigenvalue weighted by Gasteiger charge is -2.07.